The molecule has 1 aliphatic rings. The van der Waals surface area contributed by atoms with Crippen LogP contribution in [0, 0.1) is 0 Å². The van der Waals surface area contributed by atoms with Crippen molar-refractivity contribution in [1.29, 1.82) is 0 Å². The van der Waals surface area contributed by atoms with Crippen LogP contribution in [0.2, 0.25) is 0 Å². The molecule has 1 aliphatic heterocycles. The molecule has 0 radical (unpaired) electrons. The Balaban J connectivity index is 2.66. The molecule has 8 nitrogen and oxygen atoms in total. The first kappa shape index (κ1) is 18.1. The van der Waals surface area contributed by atoms with Crippen LogP contribution >= 0.6 is 0 Å². The van der Waals surface area contributed by atoms with Gasteiger partial charge in [0.25, 0.3) is 0 Å². The van der Waals surface area contributed by atoms with Crippen LogP contribution in [0.3, 0.4) is 0 Å². The third-order valence-electron chi connectivity index (χ3n) is 3.03. The van der Waals surface area contributed by atoms with Gasteiger partial charge in [-0.3, -0.25) is 0 Å². The lowest BCUT2D eigenvalue weighted by Crippen LogP contribution is -2.49. The highest BCUT2D eigenvalue weighted by Crippen LogP contribution is 2.09. The topological polar surface area (TPSA) is 97.0 Å². The maximum absolute atomic E-state index is 12.2. The number of carbonyl (C=O) groups excluding carboxylic acids is 1. The summed E-state index contributed by atoms with van der Waals surface area (Å²) >= 11 is 0. The lowest BCUT2D eigenvalue weighted by atomic mass is 10.2. The number of ether oxygens (including phenoxy) is 2. The fourth-order valence-electron chi connectivity index (χ4n) is 2.07. The number of hydrogen-bond donors (Lipinski definition) is 2. The van der Waals surface area contributed by atoms with Gasteiger partial charge in [0.1, 0.15) is 0 Å². The minimum atomic E-state index is -3.94. The van der Waals surface area contributed by atoms with Gasteiger partial charge in [0.05, 0.1) is 12.7 Å². The number of nitrogens with one attached hydrogen (secondary N) is 2. The summed E-state index contributed by atoms with van der Waals surface area (Å²) in [6.45, 7) is 4.92. The van der Waals surface area contributed by atoms with Crippen molar-refractivity contribution in [2.75, 3.05) is 33.4 Å². The number of amides is 1. The normalized spacial score (nSPS) is 19.2. The molecule has 1 saturated heterocycles. The fourth-order valence-corrected chi connectivity index (χ4v) is 3.15. The molecule has 0 aliphatic carbocycles. The van der Waals surface area contributed by atoms with Gasteiger partial charge in [-0.25, -0.2) is 9.52 Å². The van der Waals surface area contributed by atoms with E-state index in [2.05, 4.69) is 5.32 Å². The molecule has 1 heterocycles. The molecule has 0 bridgehead atoms. The zero-order chi connectivity index (χ0) is 15.9. The van der Waals surface area contributed by atoms with Crippen molar-refractivity contribution in [3.63, 3.8) is 0 Å². The Morgan fingerprint density at radius 2 is 2.19 bits per heavy atom. The second kappa shape index (κ2) is 8.52. The molecule has 1 rings (SSSR count). The Morgan fingerprint density at radius 1 is 1.48 bits per heavy atom. The van der Waals surface area contributed by atoms with E-state index in [-0.39, 0.29) is 25.3 Å². The van der Waals surface area contributed by atoms with E-state index >= 15 is 0 Å². The monoisotopic (exact) mass is 323 g/mol. The number of nitrogens with zero attached hydrogens (tertiary/aromatic N) is 1. The van der Waals surface area contributed by atoms with E-state index in [1.165, 1.54) is 11.4 Å². The number of rotatable bonds is 8. The van der Waals surface area contributed by atoms with Gasteiger partial charge in [-0.15, -0.1) is 0 Å². The van der Waals surface area contributed by atoms with Gasteiger partial charge in [-0.1, -0.05) is 0 Å². The molecule has 0 aromatic carbocycles. The molecule has 0 spiro atoms. The summed E-state index contributed by atoms with van der Waals surface area (Å²) in [6.07, 6.45) is 0.581. The average Bonchev–Trinajstić information content (AvgIpc) is 2.85. The molecule has 21 heavy (non-hydrogen) atoms. The summed E-state index contributed by atoms with van der Waals surface area (Å²) in [5.74, 6) is 0. The Bertz CT molecular complexity index is 421. The summed E-state index contributed by atoms with van der Waals surface area (Å²) < 4.78 is 37.4. The van der Waals surface area contributed by atoms with E-state index in [0.717, 1.165) is 19.4 Å². The maximum Gasteiger partial charge on any atom is 0.422 e. The van der Waals surface area contributed by atoms with Crippen LogP contribution in [0.15, 0.2) is 0 Å². The van der Waals surface area contributed by atoms with Gasteiger partial charge in [-0.2, -0.15) is 12.7 Å². The van der Waals surface area contributed by atoms with Crippen molar-refractivity contribution in [2.45, 2.75) is 38.8 Å². The van der Waals surface area contributed by atoms with Crippen molar-refractivity contribution in [1.82, 2.24) is 14.3 Å². The van der Waals surface area contributed by atoms with Crippen LogP contribution in [0.5, 0.6) is 0 Å². The second-order valence-electron chi connectivity index (χ2n) is 5.21. The highest BCUT2D eigenvalue weighted by Gasteiger charge is 2.28. The standard InChI is InChI=1S/C12H25N3O5S/c1-10(2)20-12(16)14-21(17,18)15(7-8-19-3)9-11-5-4-6-13-11/h10-11,13H,4-9H2,1-3H3,(H,14,16). The zero-order valence-corrected chi connectivity index (χ0v) is 13.6. The van der Waals surface area contributed by atoms with Gasteiger partial charge >= 0.3 is 16.3 Å². The first-order chi connectivity index (χ1) is 9.85. The lowest BCUT2D eigenvalue weighted by molar-refractivity contribution is 0.120. The summed E-state index contributed by atoms with van der Waals surface area (Å²) in [4.78, 5) is 11.5. The van der Waals surface area contributed by atoms with Crippen molar-refractivity contribution in [3.05, 3.63) is 0 Å². The fraction of sp³-hybridized carbons (Fsp3) is 0.917. The van der Waals surface area contributed by atoms with Crippen LogP contribution in [0.1, 0.15) is 26.7 Å². The van der Waals surface area contributed by atoms with E-state index in [1.54, 1.807) is 13.8 Å². The number of carbonyl (C=O) groups is 1. The van der Waals surface area contributed by atoms with Crippen LogP contribution in [0.4, 0.5) is 4.79 Å². The predicted molar refractivity (Wildman–Crippen MR) is 78.1 cm³/mol. The summed E-state index contributed by atoms with van der Waals surface area (Å²) in [5.41, 5.74) is 0. The molecule has 1 amide bonds. The summed E-state index contributed by atoms with van der Waals surface area (Å²) in [5, 5.41) is 3.23. The third-order valence-corrected chi connectivity index (χ3v) is 4.46. The van der Waals surface area contributed by atoms with Gasteiger partial charge in [-0.05, 0) is 33.2 Å². The van der Waals surface area contributed by atoms with Crippen LogP contribution < -0.4 is 10.0 Å². The molecule has 1 atom stereocenters. The largest absolute Gasteiger partial charge is 0.446 e. The SMILES string of the molecule is COCCN(CC1CCCN1)S(=O)(=O)NC(=O)OC(C)C. The third kappa shape index (κ3) is 6.60. The van der Waals surface area contributed by atoms with Crippen molar-refractivity contribution in [3.8, 4) is 0 Å². The van der Waals surface area contributed by atoms with E-state index in [9.17, 15) is 13.2 Å². The molecular formula is C12H25N3O5S. The lowest BCUT2D eigenvalue weighted by Gasteiger charge is -2.25. The highest BCUT2D eigenvalue weighted by atomic mass is 32.2. The molecule has 0 aromatic rings. The minimum Gasteiger partial charge on any atom is -0.446 e. The Morgan fingerprint density at radius 3 is 2.71 bits per heavy atom. The second-order valence-corrected chi connectivity index (χ2v) is 6.88. The van der Waals surface area contributed by atoms with Crippen molar-refractivity contribution < 1.29 is 22.7 Å². The Kier molecular flexibility index (Phi) is 7.36. The number of methoxy groups -OCH3 is 1. The maximum atomic E-state index is 12.2. The van der Waals surface area contributed by atoms with Gasteiger partial charge < -0.3 is 14.8 Å². The van der Waals surface area contributed by atoms with Crippen molar-refractivity contribution >= 4 is 16.3 Å². The molecule has 9 heteroatoms. The van der Waals surface area contributed by atoms with E-state index in [0.29, 0.717) is 6.54 Å². The highest BCUT2D eigenvalue weighted by molar-refractivity contribution is 7.87. The van der Waals surface area contributed by atoms with Gasteiger partial charge in [0.15, 0.2) is 0 Å². The van der Waals surface area contributed by atoms with Crippen LogP contribution in [0.25, 0.3) is 0 Å². The quantitative estimate of drug-likeness (QED) is 0.656. The molecule has 1 unspecified atom stereocenters. The predicted octanol–water partition coefficient (Wildman–Crippen LogP) is 0.0662. The number of hydrogen-bond acceptors (Lipinski definition) is 6. The van der Waals surface area contributed by atoms with Gasteiger partial charge in [0, 0.05) is 26.2 Å². The molecular weight excluding hydrogens is 298 g/mol. The van der Waals surface area contributed by atoms with Gasteiger partial charge in [0.2, 0.25) is 0 Å². The van der Waals surface area contributed by atoms with E-state index in [4.69, 9.17) is 9.47 Å². The Hall–Kier alpha value is -0.900. The molecule has 1 fully saturated rings. The average molecular weight is 323 g/mol. The molecule has 0 saturated carbocycles. The summed E-state index contributed by atoms with van der Waals surface area (Å²) in [7, 11) is -2.44. The summed E-state index contributed by atoms with van der Waals surface area (Å²) in [6, 6.07) is 0.0968. The van der Waals surface area contributed by atoms with Crippen LogP contribution in [-0.2, 0) is 19.7 Å². The van der Waals surface area contributed by atoms with E-state index < -0.39 is 16.3 Å². The Labute approximate surface area is 126 Å². The first-order valence-electron chi connectivity index (χ1n) is 7.06. The molecule has 2 N–H and O–H groups in total. The molecule has 0 aromatic heterocycles. The zero-order valence-electron chi connectivity index (χ0n) is 12.8. The smallest absolute Gasteiger partial charge is 0.422 e. The minimum absolute atomic E-state index is 0.0968. The van der Waals surface area contributed by atoms with Crippen molar-refractivity contribution in [2.24, 2.45) is 0 Å². The molecule has 124 valence electrons. The first-order valence-corrected chi connectivity index (χ1v) is 8.50. The van der Waals surface area contributed by atoms with Crippen LogP contribution in [-0.4, -0.2) is 64.3 Å². The van der Waals surface area contributed by atoms with E-state index in [1.807, 2.05) is 4.72 Å².